The van der Waals surface area contributed by atoms with Gasteiger partial charge in [0, 0.05) is 18.1 Å². The zero-order valence-corrected chi connectivity index (χ0v) is 12.1. The maximum atomic E-state index is 6.07. The summed E-state index contributed by atoms with van der Waals surface area (Å²) < 4.78 is 2.30. The Balaban J connectivity index is 1.79. The number of nitrogen functional groups attached to an aromatic ring is 1. The molecule has 2 aromatic rings. The number of nitrogens with two attached hydrogens (primary N) is 1. The van der Waals surface area contributed by atoms with Gasteiger partial charge in [0.25, 0.3) is 0 Å². The van der Waals surface area contributed by atoms with Crippen LogP contribution in [0.3, 0.4) is 0 Å². The Bertz CT molecular complexity index is 499. The van der Waals surface area contributed by atoms with Gasteiger partial charge in [0.1, 0.15) is 0 Å². The highest BCUT2D eigenvalue weighted by atomic mass is 15.0. The number of aryl methyl sites for hydroxylation is 1. The number of rotatable bonds is 8. The van der Waals surface area contributed by atoms with Crippen LogP contribution in [0, 0.1) is 0 Å². The summed E-state index contributed by atoms with van der Waals surface area (Å²) in [5.41, 5.74) is 8.16. The molecule has 0 aliphatic heterocycles. The van der Waals surface area contributed by atoms with E-state index in [1.807, 2.05) is 12.1 Å². The fraction of sp³-hybridized carbons (Fsp3) is 0.529. The van der Waals surface area contributed by atoms with Gasteiger partial charge in [-0.25, -0.2) is 0 Å². The van der Waals surface area contributed by atoms with E-state index in [4.69, 9.17) is 5.73 Å². The number of fused-ring (bicyclic) bond motifs is 1. The minimum absolute atomic E-state index is 0.894. The third kappa shape index (κ3) is 3.76. The van der Waals surface area contributed by atoms with Gasteiger partial charge in [0.15, 0.2) is 0 Å². The molecule has 104 valence electrons. The lowest BCUT2D eigenvalue weighted by atomic mass is 10.1. The van der Waals surface area contributed by atoms with Crippen LogP contribution < -0.4 is 5.73 Å². The third-order valence-electron chi connectivity index (χ3n) is 3.82. The number of nitrogens with zero attached hydrogens (tertiary/aromatic N) is 1. The van der Waals surface area contributed by atoms with E-state index < -0.39 is 0 Å². The molecule has 0 saturated carbocycles. The van der Waals surface area contributed by atoms with Crippen molar-refractivity contribution >= 4 is 16.6 Å². The molecule has 0 unspecified atom stereocenters. The lowest BCUT2D eigenvalue weighted by Gasteiger charge is -2.07. The first-order valence-electron chi connectivity index (χ1n) is 7.66. The standard InChI is InChI=1S/C17H26N2/c1-2-3-4-5-6-7-8-13-19-14-12-15-10-9-11-16(18)17(15)19/h9-12,14H,2-8,13,18H2,1H3. The average molecular weight is 258 g/mol. The number of unbranched alkanes of at least 4 members (excludes halogenated alkanes) is 6. The minimum atomic E-state index is 0.894. The topological polar surface area (TPSA) is 30.9 Å². The van der Waals surface area contributed by atoms with Crippen molar-refractivity contribution < 1.29 is 0 Å². The zero-order valence-electron chi connectivity index (χ0n) is 12.1. The van der Waals surface area contributed by atoms with Crippen molar-refractivity contribution in [1.29, 1.82) is 0 Å². The van der Waals surface area contributed by atoms with E-state index in [1.54, 1.807) is 0 Å². The Morgan fingerprint density at radius 1 is 0.947 bits per heavy atom. The Kier molecular flexibility index (Phi) is 5.31. The van der Waals surface area contributed by atoms with Crippen molar-refractivity contribution in [2.75, 3.05) is 5.73 Å². The first kappa shape index (κ1) is 14.0. The van der Waals surface area contributed by atoms with Crippen LogP contribution in [-0.2, 0) is 6.54 Å². The van der Waals surface area contributed by atoms with E-state index in [0.29, 0.717) is 0 Å². The average Bonchev–Trinajstić information content (AvgIpc) is 2.82. The van der Waals surface area contributed by atoms with Crippen LogP contribution in [0.5, 0.6) is 0 Å². The second-order valence-corrected chi connectivity index (χ2v) is 5.42. The van der Waals surface area contributed by atoms with E-state index in [1.165, 1.54) is 55.8 Å². The molecule has 0 fully saturated rings. The van der Waals surface area contributed by atoms with Crippen LogP contribution in [0.2, 0.25) is 0 Å². The maximum absolute atomic E-state index is 6.07. The summed E-state index contributed by atoms with van der Waals surface area (Å²) in [6.07, 6.45) is 11.6. The van der Waals surface area contributed by atoms with Gasteiger partial charge in [0.05, 0.1) is 11.2 Å². The highest BCUT2D eigenvalue weighted by Crippen LogP contribution is 2.22. The second-order valence-electron chi connectivity index (χ2n) is 5.42. The highest BCUT2D eigenvalue weighted by Gasteiger charge is 2.03. The summed E-state index contributed by atoms with van der Waals surface area (Å²) in [6.45, 7) is 3.35. The Labute approximate surface area is 116 Å². The van der Waals surface area contributed by atoms with Crippen molar-refractivity contribution in [1.82, 2.24) is 4.57 Å². The molecular formula is C17H26N2. The number of anilines is 1. The van der Waals surface area contributed by atoms with Crippen LogP contribution in [-0.4, -0.2) is 4.57 Å². The van der Waals surface area contributed by atoms with Gasteiger partial charge in [-0.3, -0.25) is 0 Å². The molecule has 2 nitrogen and oxygen atoms in total. The fourth-order valence-corrected chi connectivity index (χ4v) is 2.72. The molecule has 0 amide bonds. The van der Waals surface area contributed by atoms with Crippen LogP contribution in [0.1, 0.15) is 51.9 Å². The summed E-state index contributed by atoms with van der Waals surface area (Å²) in [5, 5.41) is 1.25. The van der Waals surface area contributed by atoms with Crippen molar-refractivity contribution in [3.8, 4) is 0 Å². The van der Waals surface area contributed by atoms with Crippen LogP contribution in [0.25, 0.3) is 10.9 Å². The Hall–Kier alpha value is -1.44. The molecular weight excluding hydrogens is 232 g/mol. The number of hydrogen-bond acceptors (Lipinski definition) is 1. The smallest absolute Gasteiger partial charge is 0.0713 e. The van der Waals surface area contributed by atoms with Gasteiger partial charge >= 0.3 is 0 Å². The normalized spacial score (nSPS) is 11.2. The predicted octanol–water partition coefficient (Wildman–Crippen LogP) is 4.97. The summed E-state index contributed by atoms with van der Waals surface area (Å²) in [6, 6.07) is 8.30. The molecule has 2 rings (SSSR count). The van der Waals surface area contributed by atoms with Gasteiger partial charge in [-0.2, -0.15) is 0 Å². The number of hydrogen-bond donors (Lipinski definition) is 1. The quantitative estimate of drug-likeness (QED) is 0.525. The molecule has 0 atom stereocenters. The molecule has 2 heteroatoms. The molecule has 2 N–H and O–H groups in total. The molecule has 1 aromatic heterocycles. The molecule has 0 aliphatic rings. The van der Waals surface area contributed by atoms with Crippen molar-refractivity contribution in [2.24, 2.45) is 0 Å². The van der Waals surface area contributed by atoms with Gasteiger partial charge in [0.2, 0.25) is 0 Å². The summed E-state index contributed by atoms with van der Waals surface area (Å²) >= 11 is 0. The second kappa shape index (κ2) is 7.22. The molecule has 0 spiro atoms. The Morgan fingerprint density at radius 2 is 1.68 bits per heavy atom. The van der Waals surface area contributed by atoms with E-state index >= 15 is 0 Å². The maximum Gasteiger partial charge on any atom is 0.0713 e. The number of para-hydroxylation sites is 1. The van der Waals surface area contributed by atoms with E-state index in [-0.39, 0.29) is 0 Å². The van der Waals surface area contributed by atoms with Crippen LogP contribution in [0.15, 0.2) is 30.5 Å². The molecule has 1 heterocycles. The zero-order chi connectivity index (χ0) is 13.5. The predicted molar refractivity (Wildman–Crippen MR) is 84.3 cm³/mol. The van der Waals surface area contributed by atoms with Gasteiger partial charge in [-0.05, 0) is 18.6 Å². The summed E-state index contributed by atoms with van der Waals surface area (Å²) in [7, 11) is 0. The summed E-state index contributed by atoms with van der Waals surface area (Å²) in [5.74, 6) is 0. The lowest BCUT2D eigenvalue weighted by Crippen LogP contribution is -1.98. The monoisotopic (exact) mass is 258 g/mol. The SMILES string of the molecule is CCCCCCCCCn1ccc2cccc(N)c21. The first-order chi connectivity index (χ1) is 9.33. The highest BCUT2D eigenvalue weighted by molar-refractivity contribution is 5.90. The lowest BCUT2D eigenvalue weighted by molar-refractivity contribution is 0.556. The minimum Gasteiger partial charge on any atom is -0.397 e. The van der Waals surface area contributed by atoms with Crippen molar-refractivity contribution in [3.05, 3.63) is 30.5 Å². The Morgan fingerprint density at radius 3 is 2.47 bits per heavy atom. The van der Waals surface area contributed by atoms with E-state index in [0.717, 1.165) is 12.2 Å². The first-order valence-corrected chi connectivity index (χ1v) is 7.66. The van der Waals surface area contributed by atoms with Gasteiger partial charge < -0.3 is 10.3 Å². The van der Waals surface area contributed by atoms with Gasteiger partial charge in [-0.1, -0.05) is 57.6 Å². The van der Waals surface area contributed by atoms with E-state index in [9.17, 15) is 0 Å². The third-order valence-corrected chi connectivity index (χ3v) is 3.82. The molecule has 19 heavy (non-hydrogen) atoms. The number of benzene rings is 1. The van der Waals surface area contributed by atoms with E-state index in [2.05, 4.69) is 29.8 Å². The molecule has 0 aliphatic carbocycles. The van der Waals surface area contributed by atoms with Crippen LogP contribution >= 0.6 is 0 Å². The van der Waals surface area contributed by atoms with Gasteiger partial charge in [-0.15, -0.1) is 0 Å². The molecule has 0 radical (unpaired) electrons. The molecule has 0 saturated heterocycles. The van der Waals surface area contributed by atoms with Crippen molar-refractivity contribution in [3.63, 3.8) is 0 Å². The molecule has 1 aromatic carbocycles. The largest absolute Gasteiger partial charge is 0.397 e. The number of aromatic nitrogens is 1. The summed E-state index contributed by atoms with van der Waals surface area (Å²) in [4.78, 5) is 0. The fourth-order valence-electron chi connectivity index (χ4n) is 2.72. The van der Waals surface area contributed by atoms with Crippen molar-refractivity contribution in [2.45, 2.75) is 58.4 Å². The van der Waals surface area contributed by atoms with Crippen LogP contribution in [0.4, 0.5) is 5.69 Å². The molecule has 0 bridgehead atoms.